The van der Waals surface area contributed by atoms with Crippen molar-refractivity contribution in [2.45, 2.75) is 33.4 Å². The third-order valence-electron chi connectivity index (χ3n) is 4.38. The molecule has 1 saturated heterocycles. The summed E-state index contributed by atoms with van der Waals surface area (Å²) in [5, 5.41) is 5.38. The fourth-order valence-corrected chi connectivity index (χ4v) is 3.05. The molecule has 172 valence electrons. The molecule has 0 saturated carbocycles. The molecule has 2 heterocycles. The van der Waals surface area contributed by atoms with Crippen molar-refractivity contribution < 1.29 is 36.8 Å². The van der Waals surface area contributed by atoms with E-state index in [-0.39, 0.29) is 54.3 Å². The molecule has 1 aliphatic rings. The van der Waals surface area contributed by atoms with Gasteiger partial charge in [0.1, 0.15) is 13.2 Å². The number of aromatic nitrogens is 2. The van der Waals surface area contributed by atoms with E-state index in [9.17, 15) is 27.6 Å². The Balaban J connectivity index is 1.82. The first kappa shape index (κ1) is 23.2. The minimum Gasteiger partial charge on any atom is -0.446 e. The van der Waals surface area contributed by atoms with Crippen LogP contribution in [0.15, 0.2) is 28.8 Å². The first-order valence-corrected chi connectivity index (χ1v) is 9.64. The van der Waals surface area contributed by atoms with Crippen molar-refractivity contribution in [3.05, 3.63) is 35.7 Å². The van der Waals surface area contributed by atoms with Gasteiger partial charge in [0.05, 0.1) is 6.54 Å². The van der Waals surface area contributed by atoms with E-state index < -0.39 is 24.1 Å². The number of alkyl halides is 3. The van der Waals surface area contributed by atoms with Gasteiger partial charge in [-0.2, -0.15) is 18.2 Å². The number of hydrogen-bond donors (Lipinski definition) is 0. The number of ether oxygens (including phenoxy) is 1. The van der Waals surface area contributed by atoms with Gasteiger partial charge in [0, 0.05) is 17.5 Å². The Labute approximate surface area is 181 Å². The van der Waals surface area contributed by atoms with Crippen molar-refractivity contribution in [2.75, 3.05) is 19.7 Å². The Hall–Kier alpha value is -3.44. The molecule has 1 aromatic carbocycles. The number of nitrogens with zero attached hydrogens (tertiary/aromatic N) is 4. The molecule has 0 spiro atoms. The Bertz CT molecular complexity index is 1010. The number of halogens is 3. The van der Waals surface area contributed by atoms with Crippen molar-refractivity contribution in [1.29, 1.82) is 0 Å². The monoisotopic (exact) mass is 454 g/mol. The van der Waals surface area contributed by atoms with Gasteiger partial charge in [-0.1, -0.05) is 38.1 Å². The molecule has 2 amide bonds. The van der Waals surface area contributed by atoms with Crippen LogP contribution in [0.25, 0.3) is 11.4 Å². The van der Waals surface area contributed by atoms with Gasteiger partial charge in [-0.3, -0.25) is 9.59 Å². The zero-order valence-corrected chi connectivity index (χ0v) is 17.6. The van der Waals surface area contributed by atoms with Gasteiger partial charge in [0.15, 0.2) is 5.78 Å². The number of hydrogen-bond acceptors (Lipinski definition) is 7. The second-order valence-electron chi connectivity index (χ2n) is 8.37. The molecular formula is C20H21F3N4O5. The van der Waals surface area contributed by atoms with Crippen LogP contribution in [-0.2, 0) is 15.7 Å². The van der Waals surface area contributed by atoms with E-state index in [1.807, 2.05) is 20.8 Å². The summed E-state index contributed by atoms with van der Waals surface area (Å²) >= 11 is 0. The lowest BCUT2D eigenvalue weighted by atomic mass is 9.90. The Morgan fingerprint density at radius 2 is 1.81 bits per heavy atom. The molecule has 0 unspecified atom stereocenters. The number of cyclic esters (lactones) is 1. The molecule has 0 aliphatic carbocycles. The molecule has 0 radical (unpaired) electrons. The van der Waals surface area contributed by atoms with Crippen molar-refractivity contribution >= 4 is 17.8 Å². The van der Waals surface area contributed by atoms with Gasteiger partial charge >= 0.3 is 18.2 Å². The van der Waals surface area contributed by atoms with Gasteiger partial charge in [0.25, 0.3) is 5.91 Å². The van der Waals surface area contributed by atoms with Crippen LogP contribution in [0.3, 0.4) is 0 Å². The summed E-state index contributed by atoms with van der Waals surface area (Å²) in [5.74, 6) is -2.66. The van der Waals surface area contributed by atoms with Crippen LogP contribution in [0.2, 0.25) is 0 Å². The molecule has 1 aliphatic heterocycles. The molecule has 12 heteroatoms. The maximum absolute atomic E-state index is 13.1. The number of ketones is 1. The van der Waals surface area contributed by atoms with Crippen LogP contribution in [0.4, 0.5) is 18.0 Å². The number of carbonyl (C=O) groups is 3. The maximum Gasteiger partial charge on any atom is 0.471 e. The fourth-order valence-electron chi connectivity index (χ4n) is 3.05. The summed E-state index contributed by atoms with van der Waals surface area (Å²) in [6.45, 7) is 5.49. The van der Waals surface area contributed by atoms with Gasteiger partial charge in [-0.05, 0) is 17.5 Å². The predicted octanol–water partition coefficient (Wildman–Crippen LogP) is 3.57. The molecule has 0 bridgehead atoms. The van der Waals surface area contributed by atoms with Crippen LogP contribution < -0.4 is 0 Å². The minimum absolute atomic E-state index is 0.0778. The van der Waals surface area contributed by atoms with Crippen LogP contribution in [0.5, 0.6) is 0 Å². The summed E-state index contributed by atoms with van der Waals surface area (Å²) in [4.78, 5) is 40.9. The van der Waals surface area contributed by atoms with E-state index >= 15 is 0 Å². The molecule has 1 fully saturated rings. The molecular weight excluding hydrogens is 433 g/mol. The first-order valence-electron chi connectivity index (χ1n) is 9.64. The molecule has 0 N–H and O–H groups in total. The second-order valence-corrected chi connectivity index (χ2v) is 8.37. The van der Waals surface area contributed by atoms with E-state index in [2.05, 4.69) is 14.7 Å². The van der Waals surface area contributed by atoms with Crippen molar-refractivity contribution in [3.63, 3.8) is 0 Å². The van der Waals surface area contributed by atoms with Crippen molar-refractivity contribution in [2.24, 2.45) is 5.41 Å². The lowest BCUT2D eigenvalue weighted by Crippen LogP contribution is -2.49. The zero-order valence-electron chi connectivity index (χ0n) is 17.6. The molecule has 2 aromatic rings. The summed E-state index contributed by atoms with van der Waals surface area (Å²) in [6.07, 6.45) is -5.33. The van der Waals surface area contributed by atoms with Gasteiger partial charge in [0.2, 0.25) is 5.82 Å². The highest BCUT2D eigenvalue weighted by Gasteiger charge is 2.38. The van der Waals surface area contributed by atoms with E-state index in [4.69, 9.17) is 4.74 Å². The maximum atomic E-state index is 13.1. The van der Waals surface area contributed by atoms with Crippen LogP contribution >= 0.6 is 0 Å². The highest BCUT2D eigenvalue weighted by atomic mass is 19.4. The van der Waals surface area contributed by atoms with Gasteiger partial charge < -0.3 is 9.26 Å². The number of Topliss-reactive ketones (excluding diaryl/α,β-unsaturated/α-hetero) is 1. The molecule has 32 heavy (non-hydrogen) atoms. The summed E-state index contributed by atoms with van der Waals surface area (Å²) in [7, 11) is 0. The predicted molar refractivity (Wildman–Crippen MR) is 103 cm³/mol. The third kappa shape index (κ3) is 5.42. The quantitative estimate of drug-likeness (QED) is 0.657. The number of amides is 2. The smallest absolute Gasteiger partial charge is 0.446 e. The normalized spacial score (nSPS) is 14.4. The largest absolute Gasteiger partial charge is 0.471 e. The summed E-state index contributed by atoms with van der Waals surface area (Å²) in [5.41, 5.74) is -0.00737. The standard InChI is InChI=1S/C20H21F3N4O5/c1-19(2,3)10-14(28)11-27(26-8-9-31-18(26)30)16(29)13-6-4-12(5-7-13)15-24-17(32-25-15)20(21,22)23/h4-7H,8-11H2,1-3H3. The molecule has 3 rings (SSSR count). The lowest BCUT2D eigenvalue weighted by Gasteiger charge is -2.30. The van der Waals surface area contributed by atoms with Crippen LogP contribution in [0.1, 0.15) is 43.4 Å². The Morgan fingerprint density at radius 3 is 2.31 bits per heavy atom. The molecule has 0 atom stereocenters. The fraction of sp³-hybridized carbons (Fsp3) is 0.450. The highest BCUT2D eigenvalue weighted by molar-refractivity contribution is 5.98. The molecule has 1 aromatic heterocycles. The Morgan fingerprint density at radius 1 is 1.16 bits per heavy atom. The third-order valence-corrected chi connectivity index (χ3v) is 4.38. The van der Waals surface area contributed by atoms with E-state index in [1.54, 1.807) is 0 Å². The zero-order chi connectivity index (χ0) is 23.7. The van der Waals surface area contributed by atoms with Gasteiger partial charge in [-0.25, -0.2) is 14.8 Å². The van der Waals surface area contributed by atoms with Crippen LogP contribution in [0, 0.1) is 5.41 Å². The number of rotatable bonds is 6. The summed E-state index contributed by atoms with van der Waals surface area (Å²) in [6, 6.07) is 5.36. The van der Waals surface area contributed by atoms with Crippen LogP contribution in [-0.4, -0.2) is 57.6 Å². The molecule has 9 nitrogen and oxygen atoms in total. The number of benzene rings is 1. The van der Waals surface area contributed by atoms with Crippen molar-refractivity contribution in [3.8, 4) is 11.4 Å². The van der Waals surface area contributed by atoms with E-state index in [1.165, 1.54) is 24.3 Å². The lowest BCUT2D eigenvalue weighted by molar-refractivity contribution is -0.159. The average molecular weight is 454 g/mol. The van der Waals surface area contributed by atoms with E-state index in [0.717, 1.165) is 10.0 Å². The average Bonchev–Trinajstić information content (AvgIpc) is 3.33. The van der Waals surface area contributed by atoms with E-state index in [0.29, 0.717) is 0 Å². The van der Waals surface area contributed by atoms with Crippen molar-refractivity contribution in [1.82, 2.24) is 20.2 Å². The first-order chi connectivity index (χ1) is 14.8. The topological polar surface area (TPSA) is 106 Å². The Kier molecular flexibility index (Phi) is 6.24. The summed E-state index contributed by atoms with van der Waals surface area (Å²) < 4.78 is 47.0. The second kappa shape index (κ2) is 8.60. The van der Waals surface area contributed by atoms with Gasteiger partial charge in [-0.15, -0.1) is 0 Å². The number of hydrazine groups is 1. The SMILES string of the molecule is CC(C)(C)CC(=O)CN(C(=O)c1ccc(-c2noc(C(F)(F)F)n2)cc1)N1CCOC1=O. The number of carbonyl (C=O) groups excluding carboxylic acids is 3. The minimum atomic E-state index is -4.77. The highest BCUT2D eigenvalue weighted by Crippen LogP contribution is 2.29.